The van der Waals surface area contributed by atoms with Crippen LogP contribution in [0.5, 0.6) is 5.75 Å². The van der Waals surface area contributed by atoms with Crippen molar-refractivity contribution in [2.24, 2.45) is 0 Å². The molecule has 1 aliphatic heterocycles. The standard InChI is InChI=1S/C13H17BrFNO2/c1-17-13-3-2-10(6-12(13)15)8-16-4-5-18-9-11(16)7-14/h2-3,6,11H,4-5,7-9H2,1H3. The van der Waals surface area contributed by atoms with E-state index in [9.17, 15) is 4.39 Å². The minimum absolute atomic E-state index is 0.290. The summed E-state index contributed by atoms with van der Waals surface area (Å²) in [5.74, 6) is -0.0172. The first kappa shape index (κ1) is 13.8. The highest BCUT2D eigenvalue weighted by Crippen LogP contribution is 2.20. The second kappa shape index (κ2) is 6.50. The SMILES string of the molecule is COc1ccc(CN2CCOCC2CBr)cc1F. The lowest BCUT2D eigenvalue weighted by Gasteiger charge is -2.34. The fourth-order valence-electron chi connectivity index (χ4n) is 2.08. The fraction of sp³-hybridized carbons (Fsp3) is 0.538. The molecular weight excluding hydrogens is 301 g/mol. The number of rotatable bonds is 4. The number of halogens is 2. The number of hydrogen-bond acceptors (Lipinski definition) is 3. The van der Waals surface area contributed by atoms with Gasteiger partial charge >= 0.3 is 0 Å². The molecule has 3 nitrogen and oxygen atoms in total. The molecule has 1 aromatic rings. The molecule has 100 valence electrons. The van der Waals surface area contributed by atoms with Gasteiger partial charge in [0, 0.05) is 24.5 Å². The van der Waals surface area contributed by atoms with E-state index in [1.807, 2.05) is 6.07 Å². The Morgan fingerprint density at radius 2 is 2.39 bits per heavy atom. The maximum atomic E-state index is 13.6. The molecule has 2 rings (SSSR count). The largest absolute Gasteiger partial charge is 0.494 e. The Hall–Kier alpha value is -0.650. The van der Waals surface area contributed by atoms with Gasteiger partial charge in [0.05, 0.1) is 20.3 Å². The van der Waals surface area contributed by atoms with Crippen LogP contribution < -0.4 is 4.74 Å². The Balaban J connectivity index is 2.05. The monoisotopic (exact) mass is 317 g/mol. The summed E-state index contributed by atoms with van der Waals surface area (Å²) in [6.07, 6.45) is 0. The second-order valence-corrected chi connectivity index (χ2v) is 4.97. The van der Waals surface area contributed by atoms with Gasteiger partial charge in [0.25, 0.3) is 0 Å². The lowest BCUT2D eigenvalue weighted by atomic mass is 10.1. The Morgan fingerprint density at radius 1 is 1.56 bits per heavy atom. The predicted molar refractivity (Wildman–Crippen MR) is 71.8 cm³/mol. The van der Waals surface area contributed by atoms with Crippen LogP contribution in [0.3, 0.4) is 0 Å². The third-order valence-corrected chi connectivity index (χ3v) is 3.88. The molecule has 0 bridgehead atoms. The summed E-state index contributed by atoms with van der Waals surface area (Å²) >= 11 is 3.49. The molecule has 0 aromatic heterocycles. The molecule has 1 atom stereocenters. The van der Waals surface area contributed by atoms with Gasteiger partial charge in [-0.2, -0.15) is 0 Å². The Morgan fingerprint density at radius 3 is 3.06 bits per heavy atom. The number of benzene rings is 1. The molecule has 1 unspecified atom stereocenters. The van der Waals surface area contributed by atoms with E-state index in [1.165, 1.54) is 7.11 Å². The van der Waals surface area contributed by atoms with Crippen LogP contribution in [0.25, 0.3) is 0 Å². The third kappa shape index (κ3) is 3.22. The van der Waals surface area contributed by atoms with E-state index in [0.29, 0.717) is 6.04 Å². The van der Waals surface area contributed by atoms with E-state index >= 15 is 0 Å². The maximum Gasteiger partial charge on any atom is 0.165 e. The van der Waals surface area contributed by atoms with Crippen molar-refractivity contribution in [3.63, 3.8) is 0 Å². The zero-order chi connectivity index (χ0) is 13.0. The Labute approximate surface area is 115 Å². The van der Waals surface area contributed by atoms with Crippen LogP contribution in [0.1, 0.15) is 5.56 Å². The van der Waals surface area contributed by atoms with Gasteiger partial charge < -0.3 is 9.47 Å². The smallest absolute Gasteiger partial charge is 0.165 e. The van der Waals surface area contributed by atoms with E-state index in [0.717, 1.165) is 37.2 Å². The highest BCUT2D eigenvalue weighted by molar-refractivity contribution is 9.09. The Bertz CT molecular complexity index is 403. The molecule has 1 heterocycles. The number of morpholine rings is 1. The van der Waals surface area contributed by atoms with Crippen LogP contribution in [0, 0.1) is 5.82 Å². The van der Waals surface area contributed by atoms with Crippen molar-refractivity contribution < 1.29 is 13.9 Å². The lowest BCUT2D eigenvalue weighted by molar-refractivity contribution is -0.00216. The topological polar surface area (TPSA) is 21.7 Å². The predicted octanol–water partition coefficient (Wildman–Crippen LogP) is 2.43. The summed E-state index contributed by atoms with van der Waals surface area (Å²) in [7, 11) is 1.47. The first-order valence-corrected chi connectivity index (χ1v) is 7.07. The summed E-state index contributed by atoms with van der Waals surface area (Å²) < 4.78 is 24.0. The zero-order valence-corrected chi connectivity index (χ0v) is 12.0. The summed E-state index contributed by atoms with van der Waals surface area (Å²) in [6, 6.07) is 5.47. The normalized spacial score (nSPS) is 20.9. The van der Waals surface area contributed by atoms with Crippen molar-refractivity contribution in [3.05, 3.63) is 29.6 Å². The second-order valence-electron chi connectivity index (χ2n) is 4.32. The summed E-state index contributed by atoms with van der Waals surface area (Å²) in [6.45, 7) is 3.08. The van der Waals surface area contributed by atoms with Gasteiger partial charge in [-0.15, -0.1) is 0 Å². The van der Waals surface area contributed by atoms with Gasteiger partial charge in [0.2, 0.25) is 0 Å². The van der Waals surface area contributed by atoms with Crippen LogP contribution in [0.15, 0.2) is 18.2 Å². The molecule has 0 radical (unpaired) electrons. The highest BCUT2D eigenvalue weighted by atomic mass is 79.9. The van der Waals surface area contributed by atoms with E-state index < -0.39 is 0 Å². The summed E-state index contributed by atoms with van der Waals surface area (Å²) in [4.78, 5) is 2.31. The minimum Gasteiger partial charge on any atom is -0.494 e. The molecular formula is C13H17BrFNO2. The molecule has 0 N–H and O–H groups in total. The molecule has 1 saturated heterocycles. The quantitative estimate of drug-likeness (QED) is 0.796. The van der Waals surface area contributed by atoms with E-state index in [4.69, 9.17) is 9.47 Å². The van der Waals surface area contributed by atoms with Crippen molar-refractivity contribution in [2.75, 3.05) is 32.2 Å². The van der Waals surface area contributed by atoms with E-state index in [2.05, 4.69) is 20.8 Å². The van der Waals surface area contributed by atoms with Crippen molar-refractivity contribution in [1.29, 1.82) is 0 Å². The van der Waals surface area contributed by atoms with Crippen LogP contribution in [0.4, 0.5) is 4.39 Å². The van der Waals surface area contributed by atoms with Gasteiger partial charge in [-0.05, 0) is 17.7 Å². The Kier molecular flexibility index (Phi) is 4.97. The van der Waals surface area contributed by atoms with E-state index in [1.54, 1.807) is 12.1 Å². The molecule has 1 fully saturated rings. The van der Waals surface area contributed by atoms with Crippen LogP contribution in [-0.4, -0.2) is 43.1 Å². The maximum absolute atomic E-state index is 13.6. The van der Waals surface area contributed by atoms with Crippen molar-refractivity contribution in [3.8, 4) is 5.75 Å². The van der Waals surface area contributed by atoms with E-state index in [-0.39, 0.29) is 11.6 Å². The van der Waals surface area contributed by atoms with Gasteiger partial charge in [-0.25, -0.2) is 4.39 Å². The third-order valence-electron chi connectivity index (χ3n) is 3.13. The highest BCUT2D eigenvalue weighted by Gasteiger charge is 2.22. The molecule has 0 aliphatic carbocycles. The fourth-order valence-corrected chi connectivity index (χ4v) is 2.68. The molecule has 0 spiro atoms. The first-order valence-electron chi connectivity index (χ1n) is 5.94. The average molecular weight is 318 g/mol. The number of hydrogen-bond donors (Lipinski definition) is 0. The van der Waals surface area contributed by atoms with Gasteiger partial charge in [0.15, 0.2) is 11.6 Å². The number of nitrogens with zero attached hydrogens (tertiary/aromatic N) is 1. The van der Waals surface area contributed by atoms with Crippen LogP contribution >= 0.6 is 15.9 Å². The number of methoxy groups -OCH3 is 1. The number of ether oxygens (including phenoxy) is 2. The van der Waals surface area contributed by atoms with Gasteiger partial charge in [-0.1, -0.05) is 22.0 Å². The van der Waals surface area contributed by atoms with Crippen molar-refractivity contribution >= 4 is 15.9 Å². The van der Waals surface area contributed by atoms with Crippen molar-refractivity contribution in [2.45, 2.75) is 12.6 Å². The van der Waals surface area contributed by atoms with Gasteiger partial charge in [0.1, 0.15) is 0 Å². The summed E-state index contributed by atoms with van der Waals surface area (Å²) in [5, 5.41) is 0.867. The van der Waals surface area contributed by atoms with Crippen molar-refractivity contribution in [1.82, 2.24) is 4.90 Å². The molecule has 5 heteroatoms. The lowest BCUT2D eigenvalue weighted by Crippen LogP contribution is -2.45. The van der Waals surface area contributed by atoms with Crippen LogP contribution in [-0.2, 0) is 11.3 Å². The number of alkyl halides is 1. The van der Waals surface area contributed by atoms with Gasteiger partial charge in [-0.3, -0.25) is 4.90 Å². The zero-order valence-electron chi connectivity index (χ0n) is 10.4. The first-order chi connectivity index (χ1) is 8.74. The minimum atomic E-state index is -0.307. The molecule has 0 amide bonds. The molecule has 0 saturated carbocycles. The molecule has 1 aliphatic rings. The molecule has 18 heavy (non-hydrogen) atoms. The molecule has 1 aromatic carbocycles. The average Bonchev–Trinajstić information content (AvgIpc) is 2.39. The summed E-state index contributed by atoms with van der Waals surface area (Å²) in [5.41, 5.74) is 0.959. The van der Waals surface area contributed by atoms with Crippen LogP contribution in [0.2, 0.25) is 0 Å².